The van der Waals surface area contributed by atoms with Crippen molar-refractivity contribution in [1.29, 1.82) is 0 Å². The van der Waals surface area contributed by atoms with E-state index in [4.69, 9.17) is 0 Å². The topological polar surface area (TPSA) is 81.3 Å². The van der Waals surface area contributed by atoms with E-state index >= 15 is 0 Å². The first-order valence-corrected chi connectivity index (χ1v) is 6.97. The number of H-pyrrole nitrogens is 1. The molecule has 0 aliphatic carbocycles. The first kappa shape index (κ1) is 15.8. The number of hydrogen-bond donors (Lipinski definition) is 2. The number of carbonyl (C=O) groups is 2. The second-order valence-electron chi connectivity index (χ2n) is 5.45. The Morgan fingerprint density at radius 3 is 2.95 bits per heavy atom. The predicted molar refractivity (Wildman–Crippen MR) is 80.3 cm³/mol. The summed E-state index contributed by atoms with van der Waals surface area (Å²) >= 11 is 0. The van der Waals surface area contributed by atoms with Crippen LogP contribution in [0.15, 0.2) is 12.4 Å². The van der Waals surface area contributed by atoms with Gasteiger partial charge in [-0.05, 0) is 6.92 Å². The third kappa shape index (κ3) is 3.03. The molecule has 2 aliphatic rings. The molecular weight excluding hydrogens is 294 g/mol. The maximum atomic E-state index is 12.6. The summed E-state index contributed by atoms with van der Waals surface area (Å²) < 4.78 is 0. The van der Waals surface area contributed by atoms with Gasteiger partial charge in [-0.15, -0.1) is 12.4 Å². The van der Waals surface area contributed by atoms with Crippen molar-refractivity contribution in [2.24, 2.45) is 5.92 Å². The van der Waals surface area contributed by atoms with Crippen LogP contribution in [0.3, 0.4) is 0 Å². The fraction of sp³-hybridized carbons (Fsp3) is 0.615. The Morgan fingerprint density at radius 1 is 1.48 bits per heavy atom. The molecule has 0 bridgehead atoms. The molecule has 8 heteroatoms. The number of rotatable bonds is 2. The Kier molecular flexibility index (Phi) is 4.84. The van der Waals surface area contributed by atoms with E-state index in [1.165, 1.54) is 0 Å². The molecule has 2 N–H and O–H groups in total. The Bertz CT molecular complexity index is 507. The van der Waals surface area contributed by atoms with Crippen molar-refractivity contribution < 1.29 is 9.59 Å². The van der Waals surface area contributed by atoms with Gasteiger partial charge in [0.2, 0.25) is 11.8 Å². The lowest BCUT2D eigenvalue weighted by Crippen LogP contribution is -2.54. The standard InChI is InChI=1S/C13H19N5O2.ClH/c1-9-5-14-2-3-17(9)13(20)10-4-12(19)18(8-10)11-6-15-16-7-11;/h6-7,9-10,14H,2-5,8H2,1H3,(H,15,16);1H/t9-,10?;/m0./s1. The average molecular weight is 314 g/mol. The van der Waals surface area contributed by atoms with Crippen LogP contribution in [-0.2, 0) is 9.59 Å². The van der Waals surface area contributed by atoms with Crippen LogP contribution in [0.1, 0.15) is 13.3 Å². The van der Waals surface area contributed by atoms with Crippen LogP contribution in [0.5, 0.6) is 0 Å². The van der Waals surface area contributed by atoms with Crippen molar-refractivity contribution in [1.82, 2.24) is 20.4 Å². The molecule has 2 fully saturated rings. The lowest BCUT2D eigenvalue weighted by molar-refractivity contribution is -0.138. The number of carbonyl (C=O) groups excluding carboxylic acids is 2. The fourth-order valence-corrected chi connectivity index (χ4v) is 2.92. The summed E-state index contributed by atoms with van der Waals surface area (Å²) in [5.74, 6) is -0.149. The summed E-state index contributed by atoms with van der Waals surface area (Å²) in [5.41, 5.74) is 0.735. The summed E-state index contributed by atoms with van der Waals surface area (Å²) in [6.07, 6.45) is 3.58. The van der Waals surface area contributed by atoms with E-state index < -0.39 is 0 Å². The molecular formula is C13H20ClN5O2. The van der Waals surface area contributed by atoms with Crippen LogP contribution >= 0.6 is 12.4 Å². The fourth-order valence-electron chi connectivity index (χ4n) is 2.92. The molecule has 2 aliphatic heterocycles. The van der Waals surface area contributed by atoms with Gasteiger partial charge in [0.15, 0.2) is 0 Å². The minimum Gasteiger partial charge on any atom is -0.337 e. The van der Waals surface area contributed by atoms with Gasteiger partial charge in [0.25, 0.3) is 0 Å². The molecule has 1 aromatic rings. The van der Waals surface area contributed by atoms with Crippen molar-refractivity contribution in [2.75, 3.05) is 31.1 Å². The molecule has 7 nitrogen and oxygen atoms in total. The van der Waals surface area contributed by atoms with Gasteiger partial charge in [-0.2, -0.15) is 5.10 Å². The van der Waals surface area contributed by atoms with E-state index in [1.54, 1.807) is 17.3 Å². The highest BCUT2D eigenvalue weighted by Crippen LogP contribution is 2.26. The number of aromatic amines is 1. The summed E-state index contributed by atoms with van der Waals surface area (Å²) in [7, 11) is 0. The molecule has 3 heterocycles. The third-order valence-corrected chi connectivity index (χ3v) is 4.05. The summed E-state index contributed by atoms with van der Waals surface area (Å²) in [6.45, 7) is 4.85. The monoisotopic (exact) mass is 313 g/mol. The molecule has 1 unspecified atom stereocenters. The summed E-state index contributed by atoms with van der Waals surface area (Å²) in [4.78, 5) is 28.2. The second-order valence-corrected chi connectivity index (χ2v) is 5.45. The number of nitrogens with zero attached hydrogens (tertiary/aromatic N) is 3. The van der Waals surface area contributed by atoms with Crippen molar-refractivity contribution in [3.05, 3.63) is 12.4 Å². The van der Waals surface area contributed by atoms with Crippen molar-refractivity contribution in [3.63, 3.8) is 0 Å². The Hall–Kier alpha value is -1.60. The molecule has 1 aromatic heterocycles. The van der Waals surface area contributed by atoms with E-state index in [1.807, 2.05) is 11.8 Å². The van der Waals surface area contributed by atoms with Crippen LogP contribution in [0.4, 0.5) is 5.69 Å². The summed E-state index contributed by atoms with van der Waals surface area (Å²) in [6, 6.07) is 0.189. The Labute approximate surface area is 129 Å². The molecule has 0 spiro atoms. The van der Waals surface area contributed by atoms with Gasteiger partial charge < -0.3 is 15.1 Å². The van der Waals surface area contributed by atoms with E-state index in [0.717, 1.165) is 25.3 Å². The predicted octanol–water partition coefficient (Wildman–Crippen LogP) is 0.00470. The smallest absolute Gasteiger partial charge is 0.228 e. The molecule has 0 aromatic carbocycles. The van der Waals surface area contributed by atoms with E-state index in [9.17, 15) is 9.59 Å². The molecule has 2 amide bonds. The van der Waals surface area contributed by atoms with Gasteiger partial charge in [0, 0.05) is 44.8 Å². The highest BCUT2D eigenvalue weighted by Gasteiger charge is 2.38. The number of anilines is 1. The summed E-state index contributed by atoms with van der Waals surface area (Å²) in [5, 5.41) is 9.81. The van der Waals surface area contributed by atoms with Crippen LogP contribution in [0.2, 0.25) is 0 Å². The number of aromatic nitrogens is 2. The molecule has 2 saturated heterocycles. The number of piperazine rings is 1. The van der Waals surface area contributed by atoms with E-state index in [-0.39, 0.29) is 36.2 Å². The SMILES string of the molecule is C[C@H]1CNCCN1C(=O)C1CC(=O)N(c2cn[nH]c2)C1.Cl. The number of nitrogens with one attached hydrogen (secondary N) is 2. The molecule has 0 radical (unpaired) electrons. The molecule has 3 rings (SSSR count). The number of halogens is 1. The van der Waals surface area contributed by atoms with Crippen LogP contribution in [-0.4, -0.2) is 59.1 Å². The number of amides is 2. The molecule has 0 saturated carbocycles. The van der Waals surface area contributed by atoms with Crippen molar-refractivity contribution >= 4 is 29.9 Å². The average Bonchev–Trinajstić information content (AvgIpc) is 3.07. The first-order valence-electron chi connectivity index (χ1n) is 6.97. The lowest BCUT2D eigenvalue weighted by Gasteiger charge is -2.35. The normalized spacial score (nSPS) is 25.9. The largest absolute Gasteiger partial charge is 0.337 e. The minimum atomic E-state index is -0.238. The van der Waals surface area contributed by atoms with E-state index in [2.05, 4.69) is 15.5 Å². The lowest BCUT2D eigenvalue weighted by atomic mass is 10.1. The third-order valence-electron chi connectivity index (χ3n) is 4.05. The van der Waals surface area contributed by atoms with Gasteiger partial charge in [0.1, 0.15) is 0 Å². The number of hydrogen-bond acceptors (Lipinski definition) is 4. The quantitative estimate of drug-likeness (QED) is 0.805. The van der Waals surface area contributed by atoms with Gasteiger partial charge in [-0.1, -0.05) is 0 Å². The minimum absolute atomic E-state index is 0. The van der Waals surface area contributed by atoms with Gasteiger partial charge >= 0.3 is 0 Å². The van der Waals surface area contributed by atoms with Crippen molar-refractivity contribution in [3.8, 4) is 0 Å². The van der Waals surface area contributed by atoms with Crippen LogP contribution < -0.4 is 10.2 Å². The first-order chi connectivity index (χ1) is 9.66. The highest BCUT2D eigenvalue weighted by atomic mass is 35.5. The molecule has 2 atom stereocenters. The second kappa shape index (κ2) is 6.44. The zero-order valence-corrected chi connectivity index (χ0v) is 12.7. The van der Waals surface area contributed by atoms with Gasteiger partial charge in [-0.25, -0.2) is 0 Å². The van der Waals surface area contributed by atoms with Gasteiger partial charge in [0.05, 0.1) is 17.8 Å². The highest BCUT2D eigenvalue weighted by molar-refractivity contribution is 6.00. The zero-order valence-electron chi connectivity index (χ0n) is 11.9. The maximum absolute atomic E-state index is 12.6. The zero-order chi connectivity index (χ0) is 14.1. The van der Waals surface area contributed by atoms with Gasteiger partial charge in [-0.3, -0.25) is 14.7 Å². The van der Waals surface area contributed by atoms with Crippen LogP contribution in [0, 0.1) is 5.92 Å². The van der Waals surface area contributed by atoms with Crippen LogP contribution in [0.25, 0.3) is 0 Å². The Balaban J connectivity index is 0.00000161. The maximum Gasteiger partial charge on any atom is 0.228 e. The molecule has 21 heavy (non-hydrogen) atoms. The molecule has 116 valence electrons. The van der Waals surface area contributed by atoms with Crippen molar-refractivity contribution in [2.45, 2.75) is 19.4 Å². The Morgan fingerprint density at radius 2 is 2.29 bits per heavy atom. The van der Waals surface area contributed by atoms with E-state index in [0.29, 0.717) is 13.0 Å².